The zero-order valence-electron chi connectivity index (χ0n) is 20.1. The predicted molar refractivity (Wildman–Crippen MR) is 135 cm³/mol. The molecule has 1 aliphatic rings. The van der Waals surface area contributed by atoms with Gasteiger partial charge < -0.3 is 19.7 Å². The monoisotopic (exact) mass is 472 g/mol. The van der Waals surface area contributed by atoms with Crippen molar-refractivity contribution in [2.45, 2.75) is 38.0 Å². The van der Waals surface area contributed by atoms with Crippen molar-refractivity contribution in [3.8, 4) is 5.75 Å². The van der Waals surface area contributed by atoms with E-state index in [1.165, 1.54) is 0 Å². The summed E-state index contributed by atoms with van der Waals surface area (Å²) in [4.78, 5) is 29.0. The van der Waals surface area contributed by atoms with E-state index in [0.29, 0.717) is 13.1 Å². The molecule has 6 nitrogen and oxygen atoms in total. The van der Waals surface area contributed by atoms with Crippen LogP contribution in [0, 0.1) is 0 Å². The van der Waals surface area contributed by atoms with E-state index in [2.05, 4.69) is 5.32 Å². The molecule has 1 heterocycles. The minimum absolute atomic E-state index is 0.0189. The minimum Gasteiger partial charge on any atom is -0.497 e. The summed E-state index contributed by atoms with van der Waals surface area (Å²) >= 11 is 0. The highest BCUT2D eigenvalue weighted by atomic mass is 16.5. The molecule has 1 N–H and O–H groups in total. The molecule has 35 heavy (non-hydrogen) atoms. The molecule has 4 rings (SSSR count). The van der Waals surface area contributed by atoms with Gasteiger partial charge in [-0.2, -0.15) is 0 Å². The fourth-order valence-corrected chi connectivity index (χ4v) is 4.35. The smallest absolute Gasteiger partial charge is 0.247 e. The SMILES string of the molecule is COc1ccc(CN(C(=O)Cc2ccccc2)[C@H](C(=O)NC[C@H]2CCCO2)c2ccccc2)cc1. The van der Waals surface area contributed by atoms with Crippen LogP contribution in [0.5, 0.6) is 5.75 Å². The molecule has 0 radical (unpaired) electrons. The van der Waals surface area contributed by atoms with Crippen molar-refractivity contribution in [1.82, 2.24) is 10.2 Å². The fraction of sp³-hybridized carbons (Fsp3) is 0.310. The largest absolute Gasteiger partial charge is 0.497 e. The molecule has 0 aromatic heterocycles. The van der Waals surface area contributed by atoms with Gasteiger partial charge in [-0.05, 0) is 41.7 Å². The molecular weight excluding hydrogens is 440 g/mol. The van der Waals surface area contributed by atoms with Crippen LogP contribution in [0.2, 0.25) is 0 Å². The maximum Gasteiger partial charge on any atom is 0.247 e. The third-order valence-electron chi connectivity index (χ3n) is 6.23. The average Bonchev–Trinajstić information content (AvgIpc) is 3.42. The van der Waals surface area contributed by atoms with Crippen LogP contribution < -0.4 is 10.1 Å². The number of hydrogen-bond acceptors (Lipinski definition) is 4. The maximum absolute atomic E-state index is 13.7. The highest BCUT2D eigenvalue weighted by Gasteiger charge is 2.32. The number of amides is 2. The zero-order valence-corrected chi connectivity index (χ0v) is 20.1. The Morgan fingerprint density at radius 2 is 1.66 bits per heavy atom. The minimum atomic E-state index is -0.768. The van der Waals surface area contributed by atoms with Crippen molar-refractivity contribution in [2.24, 2.45) is 0 Å². The number of carbonyl (C=O) groups is 2. The molecule has 0 bridgehead atoms. The first-order valence-electron chi connectivity index (χ1n) is 12.0. The van der Waals surface area contributed by atoms with Crippen molar-refractivity contribution in [3.05, 3.63) is 102 Å². The lowest BCUT2D eigenvalue weighted by Gasteiger charge is -2.32. The number of methoxy groups -OCH3 is 1. The van der Waals surface area contributed by atoms with E-state index in [4.69, 9.17) is 9.47 Å². The second-order valence-electron chi connectivity index (χ2n) is 8.73. The van der Waals surface area contributed by atoms with Gasteiger partial charge in [0.1, 0.15) is 11.8 Å². The Labute approximate surface area is 206 Å². The molecule has 3 aromatic rings. The summed E-state index contributed by atoms with van der Waals surface area (Å²) in [7, 11) is 1.62. The Morgan fingerprint density at radius 3 is 2.29 bits per heavy atom. The van der Waals surface area contributed by atoms with Crippen LogP contribution >= 0.6 is 0 Å². The zero-order chi connectivity index (χ0) is 24.5. The molecule has 3 aromatic carbocycles. The van der Waals surface area contributed by atoms with Gasteiger partial charge in [-0.25, -0.2) is 0 Å². The summed E-state index contributed by atoms with van der Waals surface area (Å²) in [5.41, 5.74) is 2.59. The first-order chi connectivity index (χ1) is 17.1. The van der Waals surface area contributed by atoms with Crippen LogP contribution in [-0.4, -0.2) is 43.1 Å². The quantitative estimate of drug-likeness (QED) is 0.478. The van der Waals surface area contributed by atoms with E-state index in [0.717, 1.165) is 41.9 Å². The molecule has 6 heteroatoms. The Balaban J connectivity index is 1.64. The number of benzene rings is 3. The van der Waals surface area contributed by atoms with E-state index in [1.807, 2.05) is 84.9 Å². The van der Waals surface area contributed by atoms with Crippen molar-refractivity contribution < 1.29 is 19.1 Å². The van der Waals surface area contributed by atoms with Crippen LogP contribution in [0.15, 0.2) is 84.9 Å². The standard InChI is InChI=1S/C29H32N2O4/c1-34-25-16-14-23(15-17-25)21-31(27(32)19-22-9-4-2-5-10-22)28(24-11-6-3-7-12-24)29(33)30-20-26-13-8-18-35-26/h2-7,9-12,14-17,26,28H,8,13,18-21H2,1H3,(H,30,33)/t26-,28+/m1/s1. The summed E-state index contributed by atoms with van der Waals surface area (Å²) in [6.07, 6.45) is 2.16. The van der Waals surface area contributed by atoms with Gasteiger partial charge in [0.05, 0.1) is 19.6 Å². The second kappa shape index (κ2) is 12.2. The lowest BCUT2D eigenvalue weighted by molar-refractivity contribution is -0.141. The van der Waals surface area contributed by atoms with Crippen LogP contribution in [0.4, 0.5) is 0 Å². The van der Waals surface area contributed by atoms with Crippen LogP contribution in [-0.2, 0) is 27.3 Å². The van der Waals surface area contributed by atoms with Crippen molar-refractivity contribution in [2.75, 3.05) is 20.3 Å². The Bertz CT molecular complexity index is 1080. The Morgan fingerprint density at radius 1 is 0.971 bits per heavy atom. The molecule has 1 aliphatic heterocycles. The number of ether oxygens (including phenoxy) is 2. The van der Waals surface area contributed by atoms with Gasteiger partial charge >= 0.3 is 0 Å². The first kappa shape index (κ1) is 24.5. The molecule has 0 aliphatic carbocycles. The summed E-state index contributed by atoms with van der Waals surface area (Å²) in [6.45, 7) is 1.45. The van der Waals surface area contributed by atoms with E-state index >= 15 is 0 Å². The average molecular weight is 473 g/mol. The lowest BCUT2D eigenvalue weighted by atomic mass is 10.0. The van der Waals surface area contributed by atoms with Gasteiger partial charge in [0.15, 0.2) is 0 Å². The molecule has 1 fully saturated rings. The Hall–Kier alpha value is -3.64. The molecule has 1 saturated heterocycles. The van der Waals surface area contributed by atoms with E-state index in [-0.39, 0.29) is 24.3 Å². The lowest BCUT2D eigenvalue weighted by Crippen LogP contribution is -2.45. The topological polar surface area (TPSA) is 67.9 Å². The normalized spacial score (nSPS) is 15.9. The van der Waals surface area contributed by atoms with Gasteiger partial charge in [-0.1, -0.05) is 72.8 Å². The van der Waals surface area contributed by atoms with Crippen molar-refractivity contribution >= 4 is 11.8 Å². The van der Waals surface area contributed by atoms with Gasteiger partial charge in [0.2, 0.25) is 11.8 Å². The highest BCUT2D eigenvalue weighted by molar-refractivity contribution is 5.89. The van der Waals surface area contributed by atoms with Crippen molar-refractivity contribution in [1.29, 1.82) is 0 Å². The number of hydrogen-bond donors (Lipinski definition) is 1. The van der Waals surface area contributed by atoms with Gasteiger partial charge in [0, 0.05) is 19.7 Å². The van der Waals surface area contributed by atoms with Crippen molar-refractivity contribution in [3.63, 3.8) is 0 Å². The summed E-state index contributed by atoms with van der Waals surface area (Å²) in [5, 5.41) is 3.05. The third kappa shape index (κ3) is 6.70. The van der Waals surface area contributed by atoms with Crippen LogP contribution in [0.3, 0.4) is 0 Å². The van der Waals surface area contributed by atoms with Crippen LogP contribution in [0.1, 0.15) is 35.6 Å². The number of nitrogens with zero attached hydrogens (tertiary/aromatic N) is 1. The summed E-state index contributed by atoms with van der Waals surface area (Å²) in [5.74, 6) is 0.416. The van der Waals surface area contributed by atoms with Gasteiger partial charge in [0.25, 0.3) is 0 Å². The molecule has 182 valence electrons. The maximum atomic E-state index is 13.7. The molecule has 0 spiro atoms. The summed E-state index contributed by atoms with van der Waals surface area (Å²) in [6, 6.07) is 25.9. The van der Waals surface area contributed by atoms with Gasteiger partial charge in [-0.3, -0.25) is 9.59 Å². The highest BCUT2D eigenvalue weighted by Crippen LogP contribution is 2.26. The molecular formula is C29H32N2O4. The third-order valence-corrected chi connectivity index (χ3v) is 6.23. The first-order valence-corrected chi connectivity index (χ1v) is 12.0. The predicted octanol–water partition coefficient (Wildman–Crippen LogP) is 4.30. The molecule has 2 atom stereocenters. The number of rotatable bonds is 10. The Kier molecular flexibility index (Phi) is 8.52. The summed E-state index contributed by atoms with van der Waals surface area (Å²) < 4.78 is 11.0. The van der Waals surface area contributed by atoms with Gasteiger partial charge in [-0.15, -0.1) is 0 Å². The molecule has 0 saturated carbocycles. The second-order valence-corrected chi connectivity index (χ2v) is 8.73. The van der Waals surface area contributed by atoms with E-state index < -0.39 is 6.04 Å². The van der Waals surface area contributed by atoms with E-state index in [1.54, 1.807) is 12.0 Å². The number of nitrogens with one attached hydrogen (secondary N) is 1. The van der Waals surface area contributed by atoms with Crippen LogP contribution in [0.25, 0.3) is 0 Å². The molecule has 0 unspecified atom stereocenters. The van der Waals surface area contributed by atoms with E-state index in [9.17, 15) is 9.59 Å². The number of carbonyl (C=O) groups excluding carboxylic acids is 2. The fourth-order valence-electron chi connectivity index (χ4n) is 4.35. The molecule has 2 amide bonds.